The van der Waals surface area contributed by atoms with E-state index in [1.54, 1.807) is 13.0 Å². The third-order valence-corrected chi connectivity index (χ3v) is 3.23. The Morgan fingerprint density at radius 2 is 2.22 bits per heavy atom. The summed E-state index contributed by atoms with van der Waals surface area (Å²) in [5.41, 5.74) is 6.61. The topological polar surface area (TPSA) is 64.9 Å². The molecule has 0 saturated carbocycles. The van der Waals surface area contributed by atoms with Gasteiger partial charge in [-0.3, -0.25) is 0 Å². The number of halogens is 1. The normalized spacial score (nSPS) is 12.7. The second kappa shape index (κ2) is 5.49. The van der Waals surface area contributed by atoms with E-state index in [0.29, 0.717) is 17.5 Å². The second-order valence-corrected chi connectivity index (χ2v) is 5.12. The Bertz CT molecular complexity index is 542. The van der Waals surface area contributed by atoms with Crippen LogP contribution in [0.1, 0.15) is 18.4 Å². The number of nitrogens with two attached hydrogens (primary N) is 1. The van der Waals surface area contributed by atoms with Crippen molar-refractivity contribution in [2.24, 2.45) is 5.73 Å². The molecule has 0 aliphatic heterocycles. The summed E-state index contributed by atoms with van der Waals surface area (Å²) in [5.74, 6) is 0.241. The monoisotopic (exact) mass is 267 g/mol. The first-order chi connectivity index (χ1) is 8.54. The molecule has 0 aliphatic carbocycles. The molecule has 0 fully saturated rings. The van der Waals surface area contributed by atoms with Crippen molar-refractivity contribution in [2.45, 2.75) is 36.4 Å². The van der Waals surface area contributed by atoms with Crippen molar-refractivity contribution in [2.75, 3.05) is 0 Å². The maximum atomic E-state index is 13.2. The number of nitrogens with zero attached hydrogens (tertiary/aromatic N) is 2. The van der Waals surface area contributed by atoms with E-state index in [1.165, 1.54) is 23.9 Å². The molecule has 2 N–H and O–H groups in total. The third kappa shape index (κ3) is 3.30. The summed E-state index contributed by atoms with van der Waals surface area (Å²) in [5, 5.41) is 8.11. The molecule has 6 heteroatoms. The van der Waals surface area contributed by atoms with Crippen LogP contribution >= 0.6 is 11.8 Å². The van der Waals surface area contributed by atoms with Gasteiger partial charge in [-0.25, -0.2) is 4.39 Å². The lowest BCUT2D eigenvalue weighted by atomic mass is 10.1. The van der Waals surface area contributed by atoms with E-state index >= 15 is 0 Å². The van der Waals surface area contributed by atoms with Gasteiger partial charge in [0.15, 0.2) is 0 Å². The number of benzene rings is 1. The minimum absolute atomic E-state index is 0.0319. The molecule has 0 spiro atoms. The highest BCUT2D eigenvalue weighted by molar-refractivity contribution is 7.99. The maximum absolute atomic E-state index is 13.2. The molecule has 1 heterocycles. The predicted molar refractivity (Wildman–Crippen MR) is 66.9 cm³/mol. The first-order valence-corrected chi connectivity index (χ1v) is 6.38. The molecule has 0 saturated heterocycles. The third-order valence-electron chi connectivity index (χ3n) is 2.27. The van der Waals surface area contributed by atoms with Gasteiger partial charge in [0.25, 0.3) is 5.22 Å². The van der Waals surface area contributed by atoms with Gasteiger partial charge in [0, 0.05) is 17.9 Å². The standard InChI is InChI=1S/C12H14FN3OS/c1-7(14)5-9-6-10(13)3-4-11(9)18-12-16-15-8(2)17-12/h3-4,6-7H,5,14H2,1-2H3. The Balaban J connectivity index is 2.26. The van der Waals surface area contributed by atoms with E-state index in [2.05, 4.69) is 10.2 Å². The molecule has 1 atom stereocenters. The van der Waals surface area contributed by atoms with Gasteiger partial charge in [0.05, 0.1) is 0 Å². The van der Waals surface area contributed by atoms with Gasteiger partial charge in [-0.15, -0.1) is 10.2 Å². The summed E-state index contributed by atoms with van der Waals surface area (Å²) >= 11 is 1.32. The van der Waals surface area contributed by atoms with Crippen molar-refractivity contribution in [3.8, 4) is 0 Å². The summed E-state index contributed by atoms with van der Waals surface area (Å²) in [6, 6.07) is 4.58. The van der Waals surface area contributed by atoms with Gasteiger partial charge in [-0.05, 0) is 48.9 Å². The molecule has 96 valence electrons. The first kappa shape index (κ1) is 13.0. The van der Waals surface area contributed by atoms with Gasteiger partial charge < -0.3 is 10.2 Å². The van der Waals surface area contributed by atoms with E-state index < -0.39 is 0 Å². The SMILES string of the molecule is Cc1nnc(Sc2ccc(F)cc2CC(C)N)o1. The molecule has 4 nitrogen and oxygen atoms in total. The molecule has 1 unspecified atom stereocenters. The van der Waals surface area contributed by atoms with Crippen LogP contribution < -0.4 is 5.73 Å². The van der Waals surface area contributed by atoms with Crippen molar-refractivity contribution in [1.29, 1.82) is 0 Å². The second-order valence-electron chi connectivity index (χ2n) is 4.12. The lowest BCUT2D eigenvalue weighted by molar-refractivity contribution is 0.429. The van der Waals surface area contributed by atoms with Crippen LogP contribution in [0.3, 0.4) is 0 Å². The average molecular weight is 267 g/mol. The van der Waals surface area contributed by atoms with Crippen LogP contribution in [0.15, 0.2) is 32.7 Å². The molecular formula is C12H14FN3OS. The van der Waals surface area contributed by atoms with E-state index in [1.807, 2.05) is 6.92 Å². The Morgan fingerprint density at radius 1 is 1.44 bits per heavy atom. The fourth-order valence-electron chi connectivity index (χ4n) is 1.57. The predicted octanol–water partition coefficient (Wildman–Crippen LogP) is 2.56. The average Bonchev–Trinajstić information content (AvgIpc) is 2.67. The van der Waals surface area contributed by atoms with Crippen LogP contribution in [0.4, 0.5) is 4.39 Å². The summed E-state index contributed by atoms with van der Waals surface area (Å²) in [6.07, 6.45) is 0.604. The minimum atomic E-state index is -0.267. The van der Waals surface area contributed by atoms with E-state index in [9.17, 15) is 4.39 Å². The molecule has 0 aliphatic rings. The first-order valence-electron chi connectivity index (χ1n) is 5.56. The Labute approximate surface area is 109 Å². The van der Waals surface area contributed by atoms with Crippen molar-refractivity contribution in [3.63, 3.8) is 0 Å². The zero-order chi connectivity index (χ0) is 13.1. The quantitative estimate of drug-likeness (QED) is 0.922. The number of aryl methyl sites for hydroxylation is 1. The molecule has 1 aromatic carbocycles. The lowest BCUT2D eigenvalue weighted by Gasteiger charge is -2.09. The van der Waals surface area contributed by atoms with Gasteiger partial charge >= 0.3 is 0 Å². The zero-order valence-electron chi connectivity index (χ0n) is 10.2. The van der Waals surface area contributed by atoms with Gasteiger partial charge in [-0.2, -0.15) is 0 Å². The summed E-state index contributed by atoms with van der Waals surface area (Å²) < 4.78 is 18.5. The highest BCUT2D eigenvalue weighted by atomic mass is 32.2. The van der Waals surface area contributed by atoms with E-state index in [0.717, 1.165) is 10.5 Å². The largest absolute Gasteiger partial charge is 0.416 e. The number of rotatable bonds is 4. The highest BCUT2D eigenvalue weighted by Crippen LogP contribution is 2.30. The maximum Gasteiger partial charge on any atom is 0.281 e. The van der Waals surface area contributed by atoms with E-state index in [-0.39, 0.29) is 11.9 Å². The summed E-state index contributed by atoms with van der Waals surface area (Å²) in [7, 11) is 0. The van der Waals surface area contributed by atoms with Crippen LogP contribution in [0.5, 0.6) is 0 Å². The van der Waals surface area contributed by atoms with Crippen LogP contribution in [0.25, 0.3) is 0 Å². The van der Waals surface area contributed by atoms with Gasteiger partial charge in [0.2, 0.25) is 5.89 Å². The number of hydrogen-bond donors (Lipinski definition) is 1. The van der Waals surface area contributed by atoms with E-state index in [4.69, 9.17) is 10.2 Å². The molecule has 0 bridgehead atoms. The van der Waals surface area contributed by atoms with Crippen molar-refractivity contribution < 1.29 is 8.81 Å². The minimum Gasteiger partial charge on any atom is -0.416 e. The highest BCUT2D eigenvalue weighted by Gasteiger charge is 2.11. The molecule has 0 radical (unpaired) electrons. The van der Waals surface area contributed by atoms with Crippen LogP contribution in [-0.2, 0) is 6.42 Å². The fraction of sp³-hybridized carbons (Fsp3) is 0.333. The van der Waals surface area contributed by atoms with Crippen LogP contribution in [-0.4, -0.2) is 16.2 Å². The molecule has 2 aromatic rings. The van der Waals surface area contributed by atoms with Crippen molar-refractivity contribution >= 4 is 11.8 Å². The number of aromatic nitrogens is 2. The molecular weight excluding hydrogens is 253 g/mol. The van der Waals surface area contributed by atoms with Gasteiger partial charge in [0.1, 0.15) is 5.82 Å². The van der Waals surface area contributed by atoms with Crippen molar-refractivity contribution in [1.82, 2.24) is 10.2 Å². The lowest BCUT2D eigenvalue weighted by Crippen LogP contribution is -2.18. The molecule has 1 aromatic heterocycles. The molecule has 18 heavy (non-hydrogen) atoms. The number of hydrogen-bond acceptors (Lipinski definition) is 5. The smallest absolute Gasteiger partial charge is 0.281 e. The van der Waals surface area contributed by atoms with Crippen molar-refractivity contribution in [3.05, 3.63) is 35.5 Å². The Hall–Kier alpha value is -1.40. The van der Waals surface area contributed by atoms with Gasteiger partial charge in [-0.1, -0.05) is 0 Å². The Kier molecular flexibility index (Phi) is 3.98. The molecule has 0 amide bonds. The zero-order valence-corrected chi connectivity index (χ0v) is 11.0. The summed E-state index contributed by atoms with van der Waals surface area (Å²) in [4.78, 5) is 0.886. The van der Waals surface area contributed by atoms with Crippen LogP contribution in [0, 0.1) is 12.7 Å². The van der Waals surface area contributed by atoms with Crippen LogP contribution in [0.2, 0.25) is 0 Å². The molecule has 2 rings (SSSR count). The Morgan fingerprint density at radius 3 is 2.83 bits per heavy atom. The summed E-state index contributed by atoms with van der Waals surface area (Å²) in [6.45, 7) is 3.61. The fourth-order valence-corrected chi connectivity index (χ4v) is 2.41.